The van der Waals surface area contributed by atoms with Gasteiger partial charge in [0.1, 0.15) is 18.2 Å². The first-order chi connectivity index (χ1) is 12.0. The van der Waals surface area contributed by atoms with Gasteiger partial charge < -0.3 is 14.6 Å². The summed E-state index contributed by atoms with van der Waals surface area (Å²) < 4.78 is 19.8. The lowest BCUT2D eigenvalue weighted by atomic mass is 10.3. The molecule has 3 rings (SSSR count). The molecule has 0 radical (unpaired) electrons. The second kappa shape index (κ2) is 7.12. The summed E-state index contributed by atoms with van der Waals surface area (Å²) in [5.74, 6) is -0.869. The first-order valence-electron chi connectivity index (χ1n) is 7.66. The maximum atomic E-state index is 13.1. The average molecular weight is 341 g/mol. The van der Waals surface area contributed by atoms with E-state index in [0.717, 1.165) is 11.0 Å². The predicted octanol–water partition coefficient (Wildman–Crippen LogP) is 2.67. The Morgan fingerprint density at radius 2 is 2.00 bits per heavy atom. The molecule has 0 unspecified atom stereocenters. The molecule has 0 aliphatic rings. The van der Waals surface area contributed by atoms with Crippen LogP contribution in [0.2, 0.25) is 0 Å². The van der Waals surface area contributed by atoms with E-state index in [1.807, 2.05) is 24.3 Å². The number of hydrogen-bond acceptors (Lipinski definition) is 4. The van der Waals surface area contributed by atoms with Gasteiger partial charge in [-0.3, -0.25) is 9.59 Å². The number of carbonyl (C=O) groups excluding carboxylic acids is 2. The first kappa shape index (κ1) is 16.6. The van der Waals surface area contributed by atoms with Crippen LogP contribution < -0.4 is 5.32 Å². The number of esters is 1. The highest BCUT2D eigenvalue weighted by Gasteiger charge is 2.13. The number of aryl methyl sites for hydroxylation is 1. The minimum atomic E-state index is -0.555. The standard InChI is InChI=1S/C18H16FN3O3/c1-12-20-15-7-2-3-8-16(15)22(12)10-18(24)25-11-17(23)21-14-6-4-5-13(19)9-14/h2-9H,10-11H2,1H3,(H,21,23). The Kier molecular flexibility index (Phi) is 4.74. The second-order valence-corrected chi connectivity index (χ2v) is 5.45. The first-order valence-corrected chi connectivity index (χ1v) is 7.66. The van der Waals surface area contributed by atoms with E-state index >= 15 is 0 Å². The highest BCUT2D eigenvalue weighted by molar-refractivity contribution is 5.92. The van der Waals surface area contributed by atoms with Crippen LogP contribution in [0.5, 0.6) is 0 Å². The van der Waals surface area contributed by atoms with Crippen LogP contribution in [0.1, 0.15) is 5.82 Å². The van der Waals surface area contributed by atoms with Crippen LogP contribution >= 0.6 is 0 Å². The monoisotopic (exact) mass is 341 g/mol. The Balaban J connectivity index is 1.57. The summed E-state index contributed by atoms with van der Waals surface area (Å²) in [6.45, 7) is 1.31. The molecule has 0 saturated carbocycles. The number of carbonyl (C=O) groups is 2. The largest absolute Gasteiger partial charge is 0.454 e. The summed E-state index contributed by atoms with van der Waals surface area (Å²) in [5.41, 5.74) is 1.91. The molecule has 0 atom stereocenters. The summed E-state index contributed by atoms with van der Waals surface area (Å²) >= 11 is 0. The van der Waals surface area contributed by atoms with Gasteiger partial charge in [-0.05, 0) is 37.3 Å². The minimum Gasteiger partial charge on any atom is -0.454 e. The minimum absolute atomic E-state index is 0.0421. The molecule has 1 aromatic heterocycles. The van der Waals surface area contributed by atoms with Crippen molar-refractivity contribution in [3.63, 3.8) is 0 Å². The van der Waals surface area contributed by atoms with Crippen LogP contribution in [0, 0.1) is 12.7 Å². The van der Waals surface area contributed by atoms with Crippen LogP contribution in [-0.4, -0.2) is 28.0 Å². The van der Waals surface area contributed by atoms with Gasteiger partial charge in [0.05, 0.1) is 11.0 Å². The van der Waals surface area contributed by atoms with Gasteiger partial charge in [0, 0.05) is 5.69 Å². The number of rotatable bonds is 5. The molecule has 0 fully saturated rings. The number of aromatic nitrogens is 2. The number of benzene rings is 2. The number of imidazole rings is 1. The number of nitrogens with zero attached hydrogens (tertiary/aromatic N) is 2. The molecule has 128 valence electrons. The zero-order valence-corrected chi connectivity index (χ0v) is 13.5. The van der Waals surface area contributed by atoms with Crippen LogP contribution in [0.25, 0.3) is 11.0 Å². The number of fused-ring (bicyclic) bond motifs is 1. The van der Waals surface area contributed by atoms with Crippen LogP contribution in [0.15, 0.2) is 48.5 Å². The molecular weight excluding hydrogens is 325 g/mol. The average Bonchev–Trinajstić information content (AvgIpc) is 2.89. The van der Waals surface area contributed by atoms with E-state index < -0.39 is 24.3 Å². The molecule has 0 bridgehead atoms. The Morgan fingerprint density at radius 3 is 2.80 bits per heavy atom. The predicted molar refractivity (Wildman–Crippen MR) is 90.5 cm³/mol. The van der Waals surface area contributed by atoms with Gasteiger partial charge in [0.2, 0.25) is 0 Å². The summed E-state index contributed by atoms with van der Waals surface area (Å²) in [7, 11) is 0. The van der Waals surface area contributed by atoms with Crippen molar-refractivity contribution in [2.45, 2.75) is 13.5 Å². The number of ether oxygens (including phenoxy) is 1. The lowest BCUT2D eigenvalue weighted by molar-refractivity contribution is -0.147. The molecule has 0 aliphatic heterocycles. The SMILES string of the molecule is Cc1nc2ccccc2n1CC(=O)OCC(=O)Nc1cccc(F)c1. The van der Waals surface area contributed by atoms with Crippen LogP contribution in [-0.2, 0) is 20.9 Å². The van der Waals surface area contributed by atoms with E-state index in [4.69, 9.17) is 4.74 Å². The van der Waals surface area contributed by atoms with Gasteiger partial charge in [0.25, 0.3) is 5.91 Å². The van der Waals surface area contributed by atoms with Gasteiger partial charge in [0.15, 0.2) is 6.61 Å². The Hall–Kier alpha value is -3.22. The molecule has 1 heterocycles. The maximum Gasteiger partial charge on any atom is 0.326 e. The van der Waals surface area contributed by atoms with Crippen molar-refractivity contribution in [1.82, 2.24) is 9.55 Å². The number of amides is 1. The second-order valence-electron chi connectivity index (χ2n) is 5.45. The van der Waals surface area contributed by atoms with E-state index in [-0.39, 0.29) is 6.54 Å². The fraction of sp³-hybridized carbons (Fsp3) is 0.167. The Bertz CT molecular complexity index is 936. The third-order valence-corrected chi connectivity index (χ3v) is 3.61. The number of nitrogens with one attached hydrogen (secondary N) is 1. The number of para-hydroxylation sites is 2. The zero-order valence-electron chi connectivity index (χ0n) is 13.5. The van der Waals surface area contributed by atoms with Gasteiger partial charge in [-0.1, -0.05) is 18.2 Å². The molecule has 0 saturated heterocycles. The van der Waals surface area contributed by atoms with E-state index in [1.54, 1.807) is 17.6 Å². The molecule has 3 aromatic rings. The molecule has 1 N–H and O–H groups in total. The normalized spacial score (nSPS) is 10.6. The van der Waals surface area contributed by atoms with Crippen molar-refractivity contribution >= 4 is 28.6 Å². The smallest absolute Gasteiger partial charge is 0.326 e. The van der Waals surface area contributed by atoms with E-state index in [0.29, 0.717) is 11.5 Å². The summed E-state index contributed by atoms with van der Waals surface area (Å²) in [6, 6.07) is 12.9. The molecular formula is C18H16FN3O3. The van der Waals surface area contributed by atoms with Crippen molar-refractivity contribution < 1.29 is 18.7 Å². The van der Waals surface area contributed by atoms with Crippen molar-refractivity contribution in [2.24, 2.45) is 0 Å². The van der Waals surface area contributed by atoms with Crippen molar-refractivity contribution in [2.75, 3.05) is 11.9 Å². The molecule has 0 spiro atoms. The summed E-state index contributed by atoms with van der Waals surface area (Å²) in [4.78, 5) is 28.2. The van der Waals surface area contributed by atoms with Crippen LogP contribution in [0.4, 0.5) is 10.1 Å². The van der Waals surface area contributed by atoms with Crippen molar-refractivity contribution in [3.05, 3.63) is 60.2 Å². The summed E-state index contributed by atoms with van der Waals surface area (Å²) in [5, 5.41) is 2.46. The fourth-order valence-electron chi connectivity index (χ4n) is 2.48. The molecule has 1 amide bonds. The lowest BCUT2D eigenvalue weighted by Gasteiger charge is -2.08. The lowest BCUT2D eigenvalue weighted by Crippen LogP contribution is -2.23. The van der Waals surface area contributed by atoms with Crippen LogP contribution in [0.3, 0.4) is 0 Å². The Morgan fingerprint density at radius 1 is 1.20 bits per heavy atom. The fourth-order valence-corrected chi connectivity index (χ4v) is 2.48. The molecule has 2 aromatic carbocycles. The number of halogens is 1. The number of hydrogen-bond donors (Lipinski definition) is 1. The topological polar surface area (TPSA) is 73.2 Å². The third kappa shape index (κ3) is 4.00. The quantitative estimate of drug-likeness (QED) is 0.724. The molecule has 0 aliphatic carbocycles. The van der Waals surface area contributed by atoms with Gasteiger partial charge in [-0.15, -0.1) is 0 Å². The molecule has 25 heavy (non-hydrogen) atoms. The van der Waals surface area contributed by atoms with E-state index in [2.05, 4.69) is 10.3 Å². The van der Waals surface area contributed by atoms with E-state index in [9.17, 15) is 14.0 Å². The van der Waals surface area contributed by atoms with Crippen molar-refractivity contribution in [1.29, 1.82) is 0 Å². The highest BCUT2D eigenvalue weighted by Crippen LogP contribution is 2.15. The molecule has 7 heteroatoms. The highest BCUT2D eigenvalue weighted by atomic mass is 19.1. The Labute approximate surface area is 143 Å². The van der Waals surface area contributed by atoms with Crippen molar-refractivity contribution in [3.8, 4) is 0 Å². The molecule has 6 nitrogen and oxygen atoms in total. The van der Waals surface area contributed by atoms with E-state index in [1.165, 1.54) is 18.2 Å². The van der Waals surface area contributed by atoms with Gasteiger partial charge in [-0.2, -0.15) is 0 Å². The maximum absolute atomic E-state index is 13.1. The third-order valence-electron chi connectivity index (χ3n) is 3.61. The summed E-state index contributed by atoms with van der Waals surface area (Å²) in [6.07, 6.45) is 0. The zero-order chi connectivity index (χ0) is 17.8. The van der Waals surface area contributed by atoms with Gasteiger partial charge in [-0.25, -0.2) is 9.37 Å². The van der Waals surface area contributed by atoms with Gasteiger partial charge >= 0.3 is 5.97 Å². The number of anilines is 1.